The molecule has 0 aliphatic carbocycles. The predicted octanol–water partition coefficient (Wildman–Crippen LogP) is 2.71. The average Bonchev–Trinajstić information content (AvgIpc) is 2.65. The highest BCUT2D eigenvalue weighted by atomic mass is 79.9. The number of nitro groups is 1. The Morgan fingerprint density at radius 3 is 2.74 bits per heavy atom. The molecule has 6 nitrogen and oxygen atoms in total. The topological polar surface area (TPSA) is 78.0 Å². The van der Waals surface area contributed by atoms with Gasteiger partial charge in [-0.05, 0) is 22.0 Å². The highest BCUT2D eigenvalue weighted by molar-refractivity contribution is 9.10. The third-order valence-electron chi connectivity index (χ3n) is 2.55. The fourth-order valence-corrected chi connectivity index (χ4v) is 1.99. The van der Waals surface area contributed by atoms with Crippen LogP contribution in [-0.4, -0.2) is 21.0 Å². The van der Waals surface area contributed by atoms with Gasteiger partial charge in [-0.25, -0.2) is 4.39 Å². The zero-order chi connectivity index (χ0) is 14.2. The monoisotopic (exact) mass is 327 g/mol. The first-order valence-corrected chi connectivity index (χ1v) is 5.87. The number of nitrogens with zero attached hydrogens (tertiary/aromatic N) is 3. The normalized spacial score (nSPS) is 10.5. The van der Waals surface area contributed by atoms with Gasteiger partial charge in [0, 0.05) is 18.7 Å². The van der Waals surface area contributed by atoms with Crippen LogP contribution in [0, 0.1) is 15.9 Å². The first kappa shape index (κ1) is 13.3. The lowest BCUT2D eigenvalue weighted by molar-refractivity contribution is -0.385. The molecule has 0 aliphatic rings. The van der Waals surface area contributed by atoms with Crippen molar-refractivity contribution < 1.29 is 14.1 Å². The molecule has 0 spiro atoms. The van der Waals surface area contributed by atoms with Crippen molar-refractivity contribution in [2.45, 2.75) is 0 Å². The Balaban J connectivity index is 2.63. The summed E-state index contributed by atoms with van der Waals surface area (Å²) in [5.74, 6) is -0.803. The molecule has 2 aromatic rings. The molecule has 19 heavy (non-hydrogen) atoms. The maximum atomic E-state index is 13.9. The smallest absolute Gasteiger partial charge is 0.272 e. The summed E-state index contributed by atoms with van der Waals surface area (Å²) in [4.78, 5) is 20.9. The fourth-order valence-electron chi connectivity index (χ4n) is 1.63. The number of rotatable bonds is 3. The second-order valence-corrected chi connectivity index (χ2v) is 4.47. The summed E-state index contributed by atoms with van der Waals surface area (Å²) in [5.41, 5.74) is 0.00456. The molecule has 0 unspecified atom stereocenters. The Hall–Kier alpha value is -2.09. The van der Waals surface area contributed by atoms with E-state index in [0.29, 0.717) is 10.9 Å². The van der Waals surface area contributed by atoms with E-state index in [4.69, 9.17) is 0 Å². The second kappa shape index (κ2) is 4.88. The standard InChI is InChI=1S/C11H7BrFN3O3/c1-15-11(12)8(5-17)10(14-15)7-3-2-6(16(18)19)4-9(7)13/h2-5H,1H3. The molecule has 0 fully saturated rings. The first-order valence-electron chi connectivity index (χ1n) is 5.07. The van der Waals surface area contributed by atoms with Crippen molar-refractivity contribution >= 4 is 27.9 Å². The van der Waals surface area contributed by atoms with E-state index < -0.39 is 10.7 Å². The second-order valence-electron chi connectivity index (χ2n) is 3.72. The van der Waals surface area contributed by atoms with Crippen molar-refractivity contribution in [3.63, 3.8) is 0 Å². The van der Waals surface area contributed by atoms with Crippen LogP contribution in [0.5, 0.6) is 0 Å². The number of halogens is 2. The quantitative estimate of drug-likeness (QED) is 0.493. The number of hydrogen-bond acceptors (Lipinski definition) is 4. The molecule has 1 aromatic carbocycles. The number of carbonyl (C=O) groups is 1. The van der Waals surface area contributed by atoms with Crippen molar-refractivity contribution in [3.8, 4) is 11.3 Å². The van der Waals surface area contributed by atoms with Crippen LogP contribution < -0.4 is 0 Å². The molecule has 0 saturated heterocycles. The minimum absolute atomic E-state index is 0.0361. The lowest BCUT2D eigenvalue weighted by atomic mass is 10.1. The summed E-state index contributed by atoms with van der Waals surface area (Å²) < 4.78 is 15.7. The zero-order valence-corrected chi connectivity index (χ0v) is 11.2. The van der Waals surface area contributed by atoms with Gasteiger partial charge in [-0.3, -0.25) is 19.6 Å². The van der Waals surface area contributed by atoms with E-state index in [1.807, 2.05) is 0 Å². The molecule has 1 heterocycles. The van der Waals surface area contributed by atoms with E-state index in [1.54, 1.807) is 7.05 Å². The molecule has 0 bridgehead atoms. The number of benzene rings is 1. The molecule has 0 saturated carbocycles. The van der Waals surface area contributed by atoms with Crippen LogP contribution in [0.1, 0.15) is 10.4 Å². The van der Waals surface area contributed by atoms with E-state index in [-0.39, 0.29) is 22.5 Å². The zero-order valence-electron chi connectivity index (χ0n) is 9.63. The highest BCUT2D eigenvalue weighted by Crippen LogP contribution is 2.30. The molecule has 8 heteroatoms. The van der Waals surface area contributed by atoms with Gasteiger partial charge in [0.25, 0.3) is 5.69 Å². The van der Waals surface area contributed by atoms with Crippen LogP contribution in [0.25, 0.3) is 11.3 Å². The lowest BCUT2D eigenvalue weighted by Gasteiger charge is -2.00. The van der Waals surface area contributed by atoms with Crippen LogP contribution in [-0.2, 0) is 7.05 Å². The molecular formula is C11H7BrFN3O3. The number of nitro benzene ring substituents is 1. The maximum absolute atomic E-state index is 13.9. The van der Waals surface area contributed by atoms with Gasteiger partial charge in [0.15, 0.2) is 6.29 Å². The highest BCUT2D eigenvalue weighted by Gasteiger charge is 2.20. The van der Waals surface area contributed by atoms with E-state index in [1.165, 1.54) is 10.7 Å². The summed E-state index contributed by atoms with van der Waals surface area (Å²) in [6.45, 7) is 0. The Kier molecular flexibility index (Phi) is 3.43. The SMILES string of the molecule is Cn1nc(-c2ccc([N+](=O)[O-])cc2F)c(C=O)c1Br. The minimum Gasteiger partial charge on any atom is -0.298 e. The third kappa shape index (κ3) is 2.26. The van der Waals surface area contributed by atoms with Crippen molar-refractivity contribution in [1.82, 2.24) is 9.78 Å². The molecule has 0 radical (unpaired) electrons. The summed E-state index contributed by atoms with van der Waals surface area (Å²) >= 11 is 3.16. The number of hydrogen-bond donors (Lipinski definition) is 0. The molecule has 2 rings (SSSR count). The number of aryl methyl sites for hydroxylation is 1. The van der Waals surface area contributed by atoms with Crippen LogP contribution in [0.2, 0.25) is 0 Å². The summed E-state index contributed by atoms with van der Waals surface area (Å²) in [6.07, 6.45) is 0.549. The van der Waals surface area contributed by atoms with Crippen molar-refractivity contribution in [3.05, 3.63) is 44.3 Å². The van der Waals surface area contributed by atoms with Gasteiger partial charge >= 0.3 is 0 Å². The van der Waals surface area contributed by atoms with Crippen LogP contribution in [0.4, 0.5) is 10.1 Å². The lowest BCUT2D eigenvalue weighted by Crippen LogP contribution is -1.94. The van der Waals surface area contributed by atoms with Gasteiger partial charge in [0.05, 0.1) is 16.6 Å². The van der Waals surface area contributed by atoms with Gasteiger partial charge in [-0.15, -0.1) is 0 Å². The molecule has 0 aliphatic heterocycles. The summed E-state index contributed by atoms with van der Waals surface area (Å²) in [6, 6.07) is 3.19. The molecular weight excluding hydrogens is 321 g/mol. The van der Waals surface area contributed by atoms with Crippen molar-refractivity contribution in [2.24, 2.45) is 7.05 Å². The Morgan fingerprint density at radius 2 is 2.21 bits per heavy atom. The van der Waals surface area contributed by atoms with E-state index in [2.05, 4.69) is 21.0 Å². The fraction of sp³-hybridized carbons (Fsp3) is 0.0909. The maximum Gasteiger partial charge on any atom is 0.272 e. The largest absolute Gasteiger partial charge is 0.298 e. The average molecular weight is 328 g/mol. The van der Waals surface area contributed by atoms with Gasteiger partial charge in [-0.1, -0.05) is 0 Å². The molecule has 0 N–H and O–H groups in total. The van der Waals surface area contributed by atoms with Crippen LogP contribution >= 0.6 is 15.9 Å². The Morgan fingerprint density at radius 1 is 1.53 bits per heavy atom. The predicted molar refractivity (Wildman–Crippen MR) is 68.3 cm³/mol. The first-order chi connectivity index (χ1) is 8.95. The molecule has 98 valence electrons. The number of aromatic nitrogens is 2. The van der Waals surface area contributed by atoms with Gasteiger partial charge in [0.2, 0.25) is 0 Å². The van der Waals surface area contributed by atoms with E-state index in [0.717, 1.165) is 12.1 Å². The number of non-ortho nitro benzene ring substituents is 1. The van der Waals surface area contributed by atoms with E-state index in [9.17, 15) is 19.3 Å². The van der Waals surface area contributed by atoms with Crippen molar-refractivity contribution in [1.29, 1.82) is 0 Å². The molecule has 0 amide bonds. The molecule has 1 aromatic heterocycles. The summed E-state index contributed by atoms with van der Waals surface area (Å²) in [7, 11) is 1.59. The van der Waals surface area contributed by atoms with Gasteiger partial charge < -0.3 is 0 Å². The molecule has 0 atom stereocenters. The van der Waals surface area contributed by atoms with E-state index >= 15 is 0 Å². The van der Waals surface area contributed by atoms with Crippen LogP contribution in [0.3, 0.4) is 0 Å². The van der Waals surface area contributed by atoms with Crippen molar-refractivity contribution in [2.75, 3.05) is 0 Å². The van der Waals surface area contributed by atoms with Gasteiger partial charge in [-0.2, -0.15) is 5.10 Å². The Labute approximate surface area is 115 Å². The number of aldehydes is 1. The summed E-state index contributed by atoms with van der Waals surface area (Å²) in [5, 5.41) is 14.6. The third-order valence-corrected chi connectivity index (χ3v) is 3.49. The number of carbonyl (C=O) groups excluding carboxylic acids is 1. The van der Waals surface area contributed by atoms with Gasteiger partial charge in [0.1, 0.15) is 16.1 Å². The van der Waals surface area contributed by atoms with Crippen LogP contribution in [0.15, 0.2) is 22.8 Å². The Bertz CT molecular complexity index is 684. The minimum atomic E-state index is -0.803.